The summed E-state index contributed by atoms with van der Waals surface area (Å²) in [5, 5.41) is 9.56. The number of nitrogens with two attached hydrogens (primary N) is 1. The van der Waals surface area contributed by atoms with Gasteiger partial charge in [0.2, 0.25) is 0 Å². The van der Waals surface area contributed by atoms with Gasteiger partial charge in [-0.05, 0) is 19.1 Å². The van der Waals surface area contributed by atoms with E-state index in [-0.39, 0.29) is 22.8 Å². The van der Waals surface area contributed by atoms with E-state index in [0.717, 1.165) is 18.4 Å². The average molecular weight is 259 g/mol. The molecular formula is C10H13NO5S. The lowest BCUT2D eigenvalue weighted by molar-refractivity contribution is 0.0523. The number of carbonyl (C=O) groups is 1. The van der Waals surface area contributed by atoms with Crippen molar-refractivity contribution in [2.45, 2.75) is 11.8 Å². The summed E-state index contributed by atoms with van der Waals surface area (Å²) in [6.45, 7) is 1.71. The standard InChI is InChI=1S/C10H13NO5S/c1-3-16-10(13)7-4-6(17(2,14)15)5-8(11)9(7)12/h4-5,12H,3,11H2,1-2H3. The Morgan fingerprint density at radius 3 is 2.53 bits per heavy atom. The number of phenolic OH excluding ortho intramolecular Hbond substituents is 1. The predicted molar refractivity (Wildman–Crippen MR) is 61.6 cm³/mol. The molecule has 17 heavy (non-hydrogen) atoms. The Balaban J connectivity index is 3.40. The fraction of sp³-hybridized carbons (Fsp3) is 0.300. The number of esters is 1. The monoisotopic (exact) mass is 259 g/mol. The summed E-state index contributed by atoms with van der Waals surface area (Å²) in [6.07, 6.45) is 0.980. The van der Waals surface area contributed by atoms with Gasteiger partial charge in [-0.1, -0.05) is 0 Å². The molecule has 0 heterocycles. The van der Waals surface area contributed by atoms with Crippen molar-refractivity contribution in [1.29, 1.82) is 0 Å². The zero-order valence-electron chi connectivity index (χ0n) is 9.43. The van der Waals surface area contributed by atoms with Crippen molar-refractivity contribution in [3.8, 4) is 5.75 Å². The van der Waals surface area contributed by atoms with E-state index in [4.69, 9.17) is 5.73 Å². The fourth-order valence-electron chi connectivity index (χ4n) is 1.21. The molecular weight excluding hydrogens is 246 g/mol. The molecule has 7 heteroatoms. The maximum Gasteiger partial charge on any atom is 0.342 e. The Bertz CT molecular complexity index is 550. The molecule has 0 saturated heterocycles. The Morgan fingerprint density at radius 1 is 1.47 bits per heavy atom. The van der Waals surface area contributed by atoms with Crippen LogP contribution in [0.5, 0.6) is 5.75 Å². The van der Waals surface area contributed by atoms with Crippen LogP contribution in [0.25, 0.3) is 0 Å². The molecule has 1 rings (SSSR count). The van der Waals surface area contributed by atoms with Crippen molar-refractivity contribution in [2.24, 2.45) is 0 Å². The highest BCUT2D eigenvalue weighted by Gasteiger charge is 2.19. The molecule has 1 aromatic rings. The molecule has 0 saturated carbocycles. The molecule has 0 radical (unpaired) electrons. The first-order chi connectivity index (χ1) is 7.77. The van der Waals surface area contributed by atoms with Gasteiger partial charge >= 0.3 is 5.97 Å². The average Bonchev–Trinajstić information content (AvgIpc) is 2.20. The smallest absolute Gasteiger partial charge is 0.342 e. The molecule has 0 aliphatic rings. The molecule has 6 nitrogen and oxygen atoms in total. The van der Waals surface area contributed by atoms with Crippen LogP contribution in [0.4, 0.5) is 5.69 Å². The van der Waals surface area contributed by atoms with Crippen LogP contribution in [0.1, 0.15) is 17.3 Å². The highest BCUT2D eigenvalue weighted by atomic mass is 32.2. The fourth-order valence-corrected chi connectivity index (χ4v) is 1.88. The van der Waals surface area contributed by atoms with Gasteiger partial charge in [0, 0.05) is 6.26 Å². The number of phenols is 1. The summed E-state index contributed by atoms with van der Waals surface area (Å²) in [5.41, 5.74) is 4.99. The lowest BCUT2D eigenvalue weighted by Crippen LogP contribution is -2.08. The molecule has 0 bridgehead atoms. The minimum Gasteiger partial charge on any atom is -0.505 e. The molecule has 94 valence electrons. The number of rotatable bonds is 3. The van der Waals surface area contributed by atoms with Crippen molar-refractivity contribution in [3.05, 3.63) is 17.7 Å². The molecule has 0 fully saturated rings. The first kappa shape index (κ1) is 13.3. The van der Waals surface area contributed by atoms with E-state index in [2.05, 4.69) is 4.74 Å². The van der Waals surface area contributed by atoms with Gasteiger partial charge in [-0.15, -0.1) is 0 Å². The van der Waals surface area contributed by atoms with Crippen LogP contribution in [0.15, 0.2) is 17.0 Å². The summed E-state index contributed by atoms with van der Waals surface area (Å²) in [6, 6.07) is 2.13. The highest BCUT2D eigenvalue weighted by Crippen LogP contribution is 2.29. The van der Waals surface area contributed by atoms with E-state index in [9.17, 15) is 18.3 Å². The Hall–Kier alpha value is -1.76. The third-order valence-corrected chi connectivity index (χ3v) is 3.13. The number of hydrogen-bond acceptors (Lipinski definition) is 6. The molecule has 0 unspecified atom stereocenters. The number of nitrogen functional groups attached to an aromatic ring is 1. The number of hydrogen-bond donors (Lipinski definition) is 2. The number of anilines is 1. The maximum atomic E-state index is 11.5. The quantitative estimate of drug-likeness (QED) is 0.466. The minimum atomic E-state index is -3.51. The minimum absolute atomic E-state index is 0.112. The first-order valence-corrected chi connectivity index (χ1v) is 6.66. The zero-order chi connectivity index (χ0) is 13.2. The summed E-state index contributed by atoms with van der Waals surface area (Å²) < 4.78 is 27.4. The van der Waals surface area contributed by atoms with Crippen molar-refractivity contribution >= 4 is 21.5 Å². The lowest BCUT2D eigenvalue weighted by Gasteiger charge is -2.08. The highest BCUT2D eigenvalue weighted by molar-refractivity contribution is 7.90. The molecule has 0 atom stereocenters. The summed E-state index contributed by atoms with van der Waals surface area (Å²) >= 11 is 0. The van der Waals surface area contributed by atoms with Crippen LogP contribution in [-0.4, -0.2) is 32.4 Å². The predicted octanol–water partition coefficient (Wildman–Crippen LogP) is 0.555. The largest absolute Gasteiger partial charge is 0.505 e. The molecule has 0 amide bonds. The SMILES string of the molecule is CCOC(=O)c1cc(S(C)(=O)=O)cc(N)c1O. The second-order valence-corrected chi connectivity index (χ2v) is 5.42. The van der Waals surface area contributed by atoms with Gasteiger partial charge in [-0.3, -0.25) is 0 Å². The van der Waals surface area contributed by atoms with Crippen LogP contribution in [0.2, 0.25) is 0 Å². The van der Waals surface area contributed by atoms with Gasteiger partial charge < -0.3 is 15.6 Å². The number of carbonyl (C=O) groups excluding carboxylic acids is 1. The number of sulfone groups is 1. The van der Waals surface area contributed by atoms with E-state index < -0.39 is 21.6 Å². The third-order valence-electron chi connectivity index (χ3n) is 2.04. The molecule has 0 aliphatic carbocycles. The number of ether oxygens (including phenoxy) is 1. The second kappa shape index (κ2) is 4.62. The number of benzene rings is 1. The molecule has 0 aliphatic heterocycles. The van der Waals surface area contributed by atoms with Gasteiger partial charge in [0.25, 0.3) is 0 Å². The van der Waals surface area contributed by atoms with E-state index in [1.54, 1.807) is 6.92 Å². The summed E-state index contributed by atoms with van der Waals surface area (Å²) in [4.78, 5) is 11.3. The van der Waals surface area contributed by atoms with Gasteiger partial charge in [0.05, 0.1) is 17.2 Å². The molecule has 0 aromatic heterocycles. The van der Waals surface area contributed by atoms with E-state index in [1.165, 1.54) is 0 Å². The van der Waals surface area contributed by atoms with Crippen molar-refractivity contribution < 1.29 is 23.1 Å². The van der Waals surface area contributed by atoms with Crippen LogP contribution in [0, 0.1) is 0 Å². The van der Waals surface area contributed by atoms with Crippen LogP contribution < -0.4 is 5.73 Å². The van der Waals surface area contributed by atoms with Crippen LogP contribution in [-0.2, 0) is 14.6 Å². The van der Waals surface area contributed by atoms with Crippen molar-refractivity contribution in [3.63, 3.8) is 0 Å². The topological polar surface area (TPSA) is 107 Å². The van der Waals surface area contributed by atoms with E-state index >= 15 is 0 Å². The third kappa shape index (κ3) is 2.88. The first-order valence-electron chi connectivity index (χ1n) is 4.77. The maximum absolute atomic E-state index is 11.5. The van der Waals surface area contributed by atoms with Crippen LogP contribution in [0.3, 0.4) is 0 Å². The number of aromatic hydroxyl groups is 1. The van der Waals surface area contributed by atoms with Gasteiger partial charge in [0.15, 0.2) is 15.6 Å². The van der Waals surface area contributed by atoms with Gasteiger partial charge in [-0.2, -0.15) is 0 Å². The normalized spacial score (nSPS) is 11.2. The Labute approximate surface area is 98.9 Å². The summed E-state index contributed by atoms with van der Waals surface area (Å²) in [7, 11) is -3.51. The summed E-state index contributed by atoms with van der Waals surface area (Å²) in [5.74, 6) is -1.29. The molecule has 0 spiro atoms. The van der Waals surface area contributed by atoms with Gasteiger partial charge in [-0.25, -0.2) is 13.2 Å². The zero-order valence-corrected chi connectivity index (χ0v) is 10.2. The van der Waals surface area contributed by atoms with E-state index in [0.29, 0.717) is 0 Å². The lowest BCUT2D eigenvalue weighted by atomic mass is 10.2. The van der Waals surface area contributed by atoms with Crippen LogP contribution >= 0.6 is 0 Å². The Morgan fingerprint density at radius 2 is 2.06 bits per heavy atom. The second-order valence-electron chi connectivity index (χ2n) is 3.40. The van der Waals surface area contributed by atoms with Crippen molar-refractivity contribution in [2.75, 3.05) is 18.6 Å². The Kier molecular flexibility index (Phi) is 3.62. The van der Waals surface area contributed by atoms with Crippen molar-refractivity contribution in [1.82, 2.24) is 0 Å². The van der Waals surface area contributed by atoms with Gasteiger partial charge in [0.1, 0.15) is 5.56 Å². The molecule has 3 N–H and O–H groups in total. The molecule has 1 aromatic carbocycles. The van der Waals surface area contributed by atoms with E-state index in [1.807, 2.05) is 0 Å².